The van der Waals surface area contributed by atoms with E-state index >= 15 is 0 Å². The molecule has 3 aliphatic heterocycles. The molecular formula is C22H29BN2O4. The highest BCUT2D eigenvalue weighted by molar-refractivity contribution is 6.51. The molecular weight excluding hydrogens is 367 g/mol. The quantitative estimate of drug-likeness (QED) is 0.781. The number of amides is 2. The highest BCUT2D eigenvalue weighted by Crippen LogP contribution is 2.69. The molecule has 2 amide bonds. The van der Waals surface area contributed by atoms with Crippen molar-refractivity contribution in [3.05, 3.63) is 34.9 Å². The number of hydrogen-bond donors (Lipinski definition) is 1. The average molecular weight is 396 g/mol. The molecule has 0 radical (unpaired) electrons. The first-order chi connectivity index (χ1) is 13.6. The molecule has 5 rings (SSSR count). The minimum Gasteiger partial charge on any atom is -0.403 e. The van der Waals surface area contributed by atoms with E-state index in [2.05, 4.69) is 33.0 Å². The lowest BCUT2D eigenvalue weighted by atomic mass is 9.63. The molecule has 3 fully saturated rings. The van der Waals surface area contributed by atoms with Gasteiger partial charge in [-0.25, -0.2) is 0 Å². The normalized spacial score (nSPS) is 31.7. The number of piperidine rings is 1. The molecule has 0 aromatic heterocycles. The molecule has 2 atom stereocenters. The van der Waals surface area contributed by atoms with Gasteiger partial charge in [-0.15, -0.1) is 0 Å². The summed E-state index contributed by atoms with van der Waals surface area (Å²) in [6.45, 7) is 10.5. The van der Waals surface area contributed by atoms with Gasteiger partial charge in [-0.2, -0.15) is 0 Å². The molecule has 3 heterocycles. The van der Waals surface area contributed by atoms with Crippen molar-refractivity contribution in [1.29, 1.82) is 0 Å². The van der Waals surface area contributed by atoms with E-state index < -0.39 is 0 Å². The number of carbonyl (C=O) groups is 2. The smallest absolute Gasteiger partial charge is 0.403 e. The fourth-order valence-corrected chi connectivity index (χ4v) is 5.07. The minimum absolute atomic E-state index is 0.0478. The van der Waals surface area contributed by atoms with E-state index in [0.717, 1.165) is 37.9 Å². The Bertz CT molecular complexity index is 883. The van der Waals surface area contributed by atoms with Gasteiger partial charge in [0.05, 0.1) is 11.2 Å². The first-order valence-corrected chi connectivity index (χ1v) is 10.7. The molecule has 2 saturated heterocycles. The van der Waals surface area contributed by atoms with Crippen LogP contribution in [0.1, 0.15) is 66.8 Å². The van der Waals surface area contributed by atoms with Crippen molar-refractivity contribution in [2.45, 2.75) is 63.5 Å². The van der Waals surface area contributed by atoms with Crippen molar-refractivity contribution < 1.29 is 18.9 Å². The number of benzene rings is 1. The number of rotatable bonds is 2. The first kappa shape index (κ1) is 19.1. The predicted molar refractivity (Wildman–Crippen MR) is 110 cm³/mol. The Morgan fingerprint density at radius 1 is 1.21 bits per heavy atom. The predicted octanol–water partition coefficient (Wildman–Crippen LogP) is 2.67. The topological polar surface area (TPSA) is 67.9 Å². The second kappa shape index (κ2) is 6.08. The van der Waals surface area contributed by atoms with E-state index in [0.29, 0.717) is 23.6 Å². The Morgan fingerprint density at radius 3 is 2.62 bits per heavy atom. The van der Waals surface area contributed by atoms with Crippen LogP contribution in [0.4, 0.5) is 0 Å². The Kier molecular flexibility index (Phi) is 4.01. The Hall–Kier alpha value is -1.86. The third-order valence-corrected chi connectivity index (χ3v) is 7.85. The van der Waals surface area contributed by atoms with E-state index in [9.17, 15) is 9.59 Å². The molecule has 1 saturated carbocycles. The van der Waals surface area contributed by atoms with Crippen molar-refractivity contribution in [1.82, 2.24) is 10.2 Å². The number of fused-ring (bicyclic) bond motifs is 2. The standard InChI is InChI=1S/C22H29BN2O4/c1-20(2)21(3,4)29-23(28-20)22-8-10-25(13-16(22)12-22)19(27)15-5-6-17-14(11-15)7-9-24-18(17)26/h5-6,11,16H,7-10,12-13H2,1-4H3,(H,24,26). The molecule has 1 aromatic rings. The van der Waals surface area contributed by atoms with Gasteiger partial charge < -0.3 is 19.5 Å². The first-order valence-electron chi connectivity index (χ1n) is 10.7. The average Bonchev–Trinajstić information content (AvgIpc) is 3.36. The monoisotopic (exact) mass is 396 g/mol. The van der Waals surface area contributed by atoms with Gasteiger partial charge in [0.25, 0.3) is 11.8 Å². The van der Waals surface area contributed by atoms with Crippen LogP contribution in [0.3, 0.4) is 0 Å². The molecule has 1 aliphatic carbocycles. The lowest BCUT2D eigenvalue weighted by Crippen LogP contribution is -2.42. The Labute approximate surface area is 172 Å². The fourth-order valence-electron chi connectivity index (χ4n) is 5.07. The van der Waals surface area contributed by atoms with E-state index in [1.54, 1.807) is 12.1 Å². The van der Waals surface area contributed by atoms with E-state index in [1.807, 2.05) is 11.0 Å². The summed E-state index contributed by atoms with van der Waals surface area (Å²) in [7, 11) is -0.183. The van der Waals surface area contributed by atoms with Crippen LogP contribution in [-0.2, 0) is 15.7 Å². The summed E-state index contributed by atoms with van der Waals surface area (Å²) in [5.41, 5.74) is 1.70. The second-order valence-corrected chi connectivity index (χ2v) is 10.1. The largest absolute Gasteiger partial charge is 0.464 e. The third kappa shape index (κ3) is 2.85. The summed E-state index contributed by atoms with van der Waals surface area (Å²) in [6.07, 6.45) is 2.74. The molecule has 1 N–H and O–H groups in total. The van der Waals surface area contributed by atoms with Crippen molar-refractivity contribution in [2.75, 3.05) is 19.6 Å². The summed E-state index contributed by atoms with van der Waals surface area (Å²) in [6, 6.07) is 5.47. The third-order valence-electron chi connectivity index (χ3n) is 7.85. The lowest BCUT2D eigenvalue weighted by molar-refractivity contribution is 0.00578. The fraction of sp³-hybridized carbons (Fsp3) is 0.636. The highest BCUT2D eigenvalue weighted by Gasteiger charge is 2.70. The number of carbonyl (C=O) groups excluding carboxylic acids is 2. The SMILES string of the molecule is CC1(C)OB(C23CCN(C(=O)c4ccc5c(c4)CCNC5=O)CC2C3)OC1(C)C. The number of nitrogens with zero attached hydrogens (tertiary/aromatic N) is 1. The van der Waals surface area contributed by atoms with Gasteiger partial charge in [-0.05, 0) is 76.6 Å². The van der Waals surface area contributed by atoms with Gasteiger partial charge >= 0.3 is 7.12 Å². The van der Waals surface area contributed by atoms with E-state index in [4.69, 9.17) is 9.31 Å². The van der Waals surface area contributed by atoms with Crippen LogP contribution in [0.15, 0.2) is 18.2 Å². The number of hydrogen-bond acceptors (Lipinski definition) is 4. The van der Waals surface area contributed by atoms with Gasteiger partial charge in [0.1, 0.15) is 0 Å². The molecule has 4 aliphatic rings. The van der Waals surface area contributed by atoms with Crippen LogP contribution in [0.5, 0.6) is 0 Å². The van der Waals surface area contributed by atoms with Crippen molar-refractivity contribution in [2.24, 2.45) is 5.92 Å². The lowest BCUT2D eigenvalue weighted by Gasteiger charge is -2.33. The molecule has 2 unspecified atom stereocenters. The van der Waals surface area contributed by atoms with E-state index in [1.165, 1.54) is 0 Å². The zero-order chi connectivity index (χ0) is 20.6. The van der Waals surface area contributed by atoms with Gasteiger partial charge in [-0.1, -0.05) is 0 Å². The molecule has 7 heteroatoms. The van der Waals surface area contributed by atoms with Gasteiger partial charge in [0.2, 0.25) is 0 Å². The van der Waals surface area contributed by atoms with Crippen LogP contribution >= 0.6 is 0 Å². The van der Waals surface area contributed by atoms with Gasteiger partial charge in [0.15, 0.2) is 0 Å². The molecule has 29 heavy (non-hydrogen) atoms. The van der Waals surface area contributed by atoms with Crippen molar-refractivity contribution >= 4 is 18.9 Å². The molecule has 0 bridgehead atoms. The Morgan fingerprint density at radius 2 is 1.93 bits per heavy atom. The van der Waals surface area contributed by atoms with Crippen LogP contribution in [0.2, 0.25) is 5.31 Å². The van der Waals surface area contributed by atoms with Crippen molar-refractivity contribution in [3.63, 3.8) is 0 Å². The molecule has 1 aromatic carbocycles. The van der Waals surface area contributed by atoms with Gasteiger partial charge in [0, 0.05) is 36.1 Å². The summed E-state index contributed by atoms with van der Waals surface area (Å²) < 4.78 is 12.7. The molecule has 6 nitrogen and oxygen atoms in total. The maximum atomic E-state index is 13.1. The molecule has 154 valence electrons. The number of likely N-dealkylation sites (tertiary alicyclic amines) is 1. The van der Waals surface area contributed by atoms with Crippen LogP contribution in [0.25, 0.3) is 0 Å². The second-order valence-electron chi connectivity index (χ2n) is 10.1. The minimum atomic E-state index is -0.318. The van der Waals surface area contributed by atoms with Gasteiger partial charge in [-0.3, -0.25) is 9.59 Å². The highest BCUT2D eigenvalue weighted by atomic mass is 16.7. The van der Waals surface area contributed by atoms with Crippen LogP contribution in [-0.4, -0.2) is 54.7 Å². The zero-order valence-corrected chi connectivity index (χ0v) is 17.7. The van der Waals surface area contributed by atoms with Crippen LogP contribution < -0.4 is 5.32 Å². The van der Waals surface area contributed by atoms with E-state index in [-0.39, 0.29) is 35.4 Å². The Balaban J connectivity index is 1.28. The summed E-state index contributed by atoms with van der Waals surface area (Å²) >= 11 is 0. The zero-order valence-electron chi connectivity index (χ0n) is 17.7. The maximum Gasteiger partial charge on any atom is 0.464 e. The summed E-state index contributed by atoms with van der Waals surface area (Å²) in [5, 5.41) is 2.90. The maximum absolute atomic E-state index is 13.1. The number of nitrogens with one attached hydrogen (secondary N) is 1. The summed E-state index contributed by atoms with van der Waals surface area (Å²) in [5.74, 6) is 0.444. The van der Waals surface area contributed by atoms with Crippen LogP contribution in [0, 0.1) is 5.92 Å². The summed E-state index contributed by atoms with van der Waals surface area (Å²) in [4.78, 5) is 27.0. The van der Waals surface area contributed by atoms with Crippen molar-refractivity contribution in [3.8, 4) is 0 Å². The molecule has 0 spiro atoms.